The topological polar surface area (TPSA) is 122 Å². The number of aliphatic carboxylic acids is 1. The van der Waals surface area contributed by atoms with Gasteiger partial charge < -0.3 is 15.6 Å². The van der Waals surface area contributed by atoms with E-state index in [1.807, 2.05) is 0 Å². The first-order chi connectivity index (χ1) is 8.91. The van der Waals surface area contributed by atoms with E-state index in [1.165, 1.54) is 0 Å². The van der Waals surface area contributed by atoms with Gasteiger partial charge in [0.25, 0.3) is 0 Å². The first kappa shape index (κ1) is 16.3. The van der Waals surface area contributed by atoms with Crippen LogP contribution in [0.2, 0.25) is 0 Å². The Morgan fingerprint density at radius 1 is 1.42 bits per heavy atom. The molecule has 0 aromatic rings. The maximum absolute atomic E-state index is 11.5. The molecule has 19 heavy (non-hydrogen) atoms. The lowest BCUT2D eigenvalue weighted by Gasteiger charge is -2.26. The minimum atomic E-state index is -3.63. The van der Waals surface area contributed by atoms with Crippen molar-refractivity contribution in [3.8, 4) is 0 Å². The van der Waals surface area contributed by atoms with Gasteiger partial charge >= 0.3 is 5.97 Å². The van der Waals surface area contributed by atoms with Crippen molar-refractivity contribution in [1.82, 2.24) is 9.62 Å². The summed E-state index contributed by atoms with van der Waals surface area (Å²) < 4.78 is 30.6. The second kappa shape index (κ2) is 7.75. The van der Waals surface area contributed by atoms with Crippen molar-refractivity contribution in [3.05, 3.63) is 0 Å². The average molecular weight is 295 g/mol. The number of nitrogens with two attached hydrogens (primary N) is 1. The Bertz CT molecular complexity index is 381. The molecule has 1 fully saturated rings. The number of hydrogen-bond acceptors (Lipinski definition) is 6. The molecule has 112 valence electrons. The molecule has 1 rings (SSSR count). The quantitative estimate of drug-likeness (QED) is 0.444. The molecule has 1 aliphatic heterocycles. The van der Waals surface area contributed by atoms with Gasteiger partial charge in [0.15, 0.2) is 0 Å². The van der Waals surface area contributed by atoms with Crippen molar-refractivity contribution in [2.45, 2.75) is 12.5 Å². The Morgan fingerprint density at radius 3 is 2.63 bits per heavy atom. The fraction of sp³-hybridized carbons (Fsp3) is 0.900. The van der Waals surface area contributed by atoms with E-state index >= 15 is 0 Å². The van der Waals surface area contributed by atoms with Gasteiger partial charge in [-0.3, -0.25) is 9.69 Å². The fourth-order valence-electron chi connectivity index (χ4n) is 1.72. The lowest BCUT2D eigenvalue weighted by molar-refractivity contribution is -0.137. The Labute approximate surface area is 112 Å². The van der Waals surface area contributed by atoms with E-state index < -0.39 is 27.8 Å². The van der Waals surface area contributed by atoms with Crippen LogP contribution in [0, 0.1) is 0 Å². The van der Waals surface area contributed by atoms with E-state index in [2.05, 4.69) is 9.62 Å². The summed E-state index contributed by atoms with van der Waals surface area (Å²) in [5, 5.41) is 8.55. The zero-order chi connectivity index (χ0) is 14.3. The standard InChI is InChI=1S/C10H21N3O5S/c11-9(10(14)15)8-19(16,17)12-2-1-3-13-4-6-18-7-5-13/h9,12H,1-8,11H2,(H,14,15)/t9-/m0/s1. The Hall–Kier alpha value is -0.740. The fourth-order valence-corrected chi connectivity index (χ4v) is 2.91. The third kappa shape index (κ3) is 6.83. The molecule has 1 heterocycles. The third-order valence-electron chi connectivity index (χ3n) is 2.79. The molecule has 1 saturated heterocycles. The SMILES string of the molecule is N[C@@H](CS(=O)(=O)NCCCN1CCOCC1)C(=O)O. The van der Waals surface area contributed by atoms with E-state index in [1.54, 1.807) is 0 Å². The summed E-state index contributed by atoms with van der Waals surface area (Å²) in [6.45, 7) is 4.20. The molecule has 0 spiro atoms. The highest BCUT2D eigenvalue weighted by Gasteiger charge is 2.20. The Morgan fingerprint density at radius 2 is 2.05 bits per heavy atom. The molecule has 0 aromatic heterocycles. The van der Waals surface area contributed by atoms with Crippen molar-refractivity contribution in [2.24, 2.45) is 5.73 Å². The van der Waals surface area contributed by atoms with Crippen LogP contribution in [0.5, 0.6) is 0 Å². The summed E-state index contributed by atoms with van der Waals surface area (Å²) in [4.78, 5) is 12.7. The van der Waals surface area contributed by atoms with Crippen LogP contribution < -0.4 is 10.5 Å². The van der Waals surface area contributed by atoms with Crippen LogP contribution >= 0.6 is 0 Å². The number of ether oxygens (including phenoxy) is 1. The van der Waals surface area contributed by atoms with Crippen LogP contribution in [0.1, 0.15) is 6.42 Å². The molecular weight excluding hydrogens is 274 g/mol. The first-order valence-electron chi connectivity index (χ1n) is 6.16. The number of morpholine rings is 1. The van der Waals surface area contributed by atoms with Crippen molar-refractivity contribution in [2.75, 3.05) is 45.1 Å². The predicted molar refractivity (Wildman–Crippen MR) is 69.3 cm³/mol. The Balaban J connectivity index is 2.18. The zero-order valence-electron chi connectivity index (χ0n) is 10.7. The highest BCUT2D eigenvalue weighted by Crippen LogP contribution is 1.98. The van der Waals surface area contributed by atoms with Crippen molar-refractivity contribution < 1.29 is 23.1 Å². The molecule has 0 saturated carbocycles. The molecule has 0 bridgehead atoms. The van der Waals surface area contributed by atoms with E-state index in [0.29, 0.717) is 19.6 Å². The van der Waals surface area contributed by atoms with Crippen LogP contribution in [-0.2, 0) is 19.6 Å². The summed E-state index contributed by atoms with van der Waals surface area (Å²) in [5.41, 5.74) is 5.18. The molecule has 0 unspecified atom stereocenters. The predicted octanol–water partition coefficient (Wildman–Crippen LogP) is -1.96. The summed E-state index contributed by atoms with van der Waals surface area (Å²) >= 11 is 0. The number of hydrogen-bond donors (Lipinski definition) is 3. The molecule has 4 N–H and O–H groups in total. The number of carboxylic acid groups (broad SMARTS) is 1. The zero-order valence-corrected chi connectivity index (χ0v) is 11.6. The summed E-state index contributed by atoms with van der Waals surface area (Å²) in [5.74, 6) is -1.92. The highest BCUT2D eigenvalue weighted by atomic mass is 32.2. The van der Waals surface area contributed by atoms with Crippen LogP contribution in [0.3, 0.4) is 0 Å². The second-order valence-corrected chi connectivity index (χ2v) is 6.28. The van der Waals surface area contributed by atoms with Gasteiger partial charge in [0.1, 0.15) is 6.04 Å². The van der Waals surface area contributed by atoms with Gasteiger partial charge in [-0.25, -0.2) is 13.1 Å². The Kier molecular flexibility index (Phi) is 6.66. The summed E-state index contributed by atoms with van der Waals surface area (Å²) in [6.07, 6.45) is 0.668. The second-order valence-electron chi connectivity index (χ2n) is 4.43. The average Bonchev–Trinajstić information content (AvgIpc) is 2.35. The van der Waals surface area contributed by atoms with Crippen molar-refractivity contribution >= 4 is 16.0 Å². The van der Waals surface area contributed by atoms with Gasteiger partial charge in [-0.15, -0.1) is 0 Å². The van der Waals surface area contributed by atoms with Gasteiger partial charge in [0.2, 0.25) is 10.0 Å². The van der Waals surface area contributed by atoms with Gasteiger partial charge in [0, 0.05) is 19.6 Å². The molecule has 8 nitrogen and oxygen atoms in total. The molecule has 1 atom stereocenters. The minimum Gasteiger partial charge on any atom is -0.480 e. The van der Waals surface area contributed by atoms with Crippen molar-refractivity contribution in [3.63, 3.8) is 0 Å². The number of nitrogens with zero attached hydrogens (tertiary/aromatic N) is 1. The molecule has 0 aromatic carbocycles. The lowest BCUT2D eigenvalue weighted by atomic mass is 10.3. The lowest BCUT2D eigenvalue weighted by Crippen LogP contribution is -2.42. The third-order valence-corrected chi connectivity index (χ3v) is 4.23. The monoisotopic (exact) mass is 295 g/mol. The van der Waals surface area contributed by atoms with Crippen molar-refractivity contribution in [1.29, 1.82) is 0 Å². The summed E-state index contributed by atoms with van der Waals surface area (Å²) in [7, 11) is -3.63. The minimum absolute atomic E-state index is 0.284. The summed E-state index contributed by atoms with van der Waals surface area (Å²) in [6, 6.07) is -1.39. The van der Waals surface area contributed by atoms with Gasteiger partial charge in [-0.1, -0.05) is 0 Å². The molecule has 0 amide bonds. The van der Waals surface area contributed by atoms with Gasteiger partial charge in [0.05, 0.1) is 19.0 Å². The molecule has 0 aliphatic carbocycles. The van der Waals surface area contributed by atoms with E-state index in [0.717, 1.165) is 19.6 Å². The number of carbonyl (C=O) groups is 1. The number of rotatable bonds is 8. The van der Waals surface area contributed by atoms with Crippen LogP contribution in [0.25, 0.3) is 0 Å². The van der Waals surface area contributed by atoms with Gasteiger partial charge in [-0.2, -0.15) is 0 Å². The molecular formula is C10H21N3O5S. The smallest absolute Gasteiger partial charge is 0.321 e. The van der Waals surface area contributed by atoms with E-state index in [4.69, 9.17) is 15.6 Å². The first-order valence-corrected chi connectivity index (χ1v) is 7.82. The van der Waals surface area contributed by atoms with Crippen LogP contribution in [0.4, 0.5) is 0 Å². The van der Waals surface area contributed by atoms with Gasteiger partial charge in [-0.05, 0) is 13.0 Å². The van der Waals surface area contributed by atoms with Crippen LogP contribution in [-0.4, -0.2) is 75.6 Å². The van der Waals surface area contributed by atoms with E-state index in [9.17, 15) is 13.2 Å². The molecule has 0 radical (unpaired) electrons. The largest absolute Gasteiger partial charge is 0.480 e. The maximum Gasteiger partial charge on any atom is 0.321 e. The molecule has 1 aliphatic rings. The number of nitrogens with one attached hydrogen (secondary N) is 1. The number of sulfonamides is 1. The van der Waals surface area contributed by atoms with Crippen LogP contribution in [0.15, 0.2) is 0 Å². The maximum atomic E-state index is 11.5. The van der Waals surface area contributed by atoms with E-state index in [-0.39, 0.29) is 6.54 Å². The molecule has 9 heteroatoms. The normalized spacial score (nSPS) is 19.2. The highest BCUT2D eigenvalue weighted by molar-refractivity contribution is 7.89. The number of carboxylic acids is 1.